The molecule has 1 radical (unpaired) electrons. The molecule has 3 nitrogen and oxygen atoms in total. The largest absolute Gasteiger partial charge is 0.512 e. The van der Waals surface area contributed by atoms with Crippen LogP contribution in [0.5, 0.6) is 0 Å². The zero-order valence-electron chi connectivity index (χ0n) is 15.1. The molecule has 0 fully saturated rings. The molecule has 5 heteroatoms. The minimum absolute atomic E-state index is 0. The third-order valence-electron chi connectivity index (χ3n) is 3.85. The number of hydrogen-bond donors (Lipinski definition) is 1. The second-order valence-corrected chi connectivity index (χ2v) is 7.75. The van der Waals surface area contributed by atoms with Gasteiger partial charge in [-0.05, 0) is 40.5 Å². The van der Waals surface area contributed by atoms with Gasteiger partial charge in [0.1, 0.15) is 0 Å². The Hall–Kier alpha value is -1.29. The van der Waals surface area contributed by atoms with Crippen LogP contribution in [0.4, 0.5) is 0 Å². The van der Waals surface area contributed by atoms with Gasteiger partial charge in [0.05, 0.1) is 18.8 Å². The van der Waals surface area contributed by atoms with Crippen molar-refractivity contribution in [2.45, 2.75) is 40.5 Å². The van der Waals surface area contributed by atoms with Crippen molar-refractivity contribution in [1.82, 2.24) is 0 Å². The normalized spacial score (nSPS) is 16.3. The third-order valence-corrected chi connectivity index (χ3v) is 4.93. The summed E-state index contributed by atoms with van der Waals surface area (Å²) in [6.07, 6.45) is 3.72. The molecule has 2 aromatic rings. The Morgan fingerprint density at radius 3 is 2.52 bits per heavy atom. The molecule has 2 N–H and O–H groups in total. The quantitative estimate of drug-likeness (QED) is 0.241. The predicted octanol–water partition coefficient (Wildman–Crippen LogP) is 5.32. The first-order valence-electron chi connectivity index (χ1n) is 8.15. The summed E-state index contributed by atoms with van der Waals surface area (Å²) in [6.45, 7) is 8.56. The molecular formula is C20H25IrNO2S. The van der Waals surface area contributed by atoms with Crippen LogP contribution in [0.25, 0.3) is 10.1 Å². The first kappa shape index (κ1) is 21.8. The molecule has 0 saturated carbocycles. The molecule has 1 aromatic carbocycles. The van der Waals surface area contributed by atoms with Gasteiger partial charge in [0.2, 0.25) is 0 Å². The van der Waals surface area contributed by atoms with E-state index >= 15 is 0 Å². The molecule has 0 bridgehead atoms. The molecule has 1 aliphatic heterocycles. The van der Waals surface area contributed by atoms with Crippen molar-refractivity contribution in [3.05, 3.63) is 47.0 Å². The molecule has 1 aliphatic rings. The monoisotopic (exact) mass is 536 g/mol. The molecular weight excluding hydrogens is 511 g/mol. The van der Waals surface area contributed by atoms with Crippen LogP contribution in [0.2, 0.25) is 0 Å². The fraction of sp³-hybridized carbons (Fsp3) is 0.400. The standard InChI is InChI=1S/C15H16NS.C5H8O2.Ir/c1-15(2)8-5-9-16-14(15)13-10-11-6-3-4-7-12(11)17-13;1-4(6)3-5(2)7;/h3-4,6-7H,5,8-9H2,1-2H3;3,6H,1-2H3;/q-1;;/p+1/b;4-3-;. The molecule has 0 aliphatic carbocycles. The second-order valence-electron chi connectivity index (χ2n) is 6.70. The summed E-state index contributed by atoms with van der Waals surface area (Å²) in [5, 5.41) is 9.62. The summed E-state index contributed by atoms with van der Waals surface area (Å²) in [5.41, 5.74) is 1.46. The van der Waals surface area contributed by atoms with E-state index in [9.17, 15) is 0 Å². The van der Waals surface area contributed by atoms with E-state index in [0.717, 1.165) is 6.54 Å². The number of hydrogen-bond acceptors (Lipinski definition) is 3. The molecule has 0 unspecified atom stereocenters. The summed E-state index contributed by atoms with van der Waals surface area (Å²) in [5.74, 6) is 0.250. The number of thiophene rings is 1. The summed E-state index contributed by atoms with van der Waals surface area (Å²) in [4.78, 5) is 14.4. The molecule has 3 rings (SSSR count). The number of aliphatic hydroxyl groups is 1. The average molecular weight is 536 g/mol. The van der Waals surface area contributed by atoms with Crippen molar-refractivity contribution < 1.29 is 30.0 Å². The fourth-order valence-electron chi connectivity index (χ4n) is 2.75. The summed E-state index contributed by atoms with van der Waals surface area (Å²) in [7, 11) is 0. The van der Waals surface area contributed by atoms with Gasteiger partial charge in [-0.25, -0.2) is 11.3 Å². The Bertz CT molecular complexity index is 753. The Morgan fingerprint density at radius 1 is 1.32 bits per heavy atom. The minimum atomic E-state index is 0. The van der Waals surface area contributed by atoms with Crippen LogP contribution >= 0.6 is 11.3 Å². The summed E-state index contributed by atoms with van der Waals surface area (Å²) >= 11 is 1.82. The van der Waals surface area contributed by atoms with Gasteiger partial charge in [-0.2, -0.15) is 0 Å². The molecule has 0 amide bonds. The van der Waals surface area contributed by atoms with Gasteiger partial charge in [-0.3, -0.25) is 4.79 Å². The number of rotatable bonds is 2. The molecule has 137 valence electrons. The van der Waals surface area contributed by atoms with Gasteiger partial charge in [0, 0.05) is 26.7 Å². The van der Waals surface area contributed by atoms with Crippen molar-refractivity contribution in [2.75, 3.05) is 6.54 Å². The van der Waals surface area contributed by atoms with E-state index in [4.69, 9.17) is 14.9 Å². The Morgan fingerprint density at radius 2 is 2.00 bits per heavy atom. The third kappa shape index (κ3) is 6.18. The maximum Gasteiger partial charge on any atom is 0.316 e. The molecule has 0 spiro atoms. The van der Waals surface area contributed by atoms with Gasteiger partial charge < -0.3 is 10.1 Å². The van der Waals surface area contributed by atoms with Crippen LogP contribution in [0, 0.1) is 11.5 Å². The van der Waals surface area contributed by atoms with Gasteiger partial charge in [0.15, 0.2) is 0 Å². The number of aliphatic hydroxyl groups excluding tert-OH is 1. The number of ketones is 1. The number of fused-ring (bicyclic) bond motifs is 1. The van der Waals surface area contributed by atoms with Crippen LogP contribution in [0.1, 0.15) is 45.4 Å². The van der Waals surface area contributed by atoms with Crippen molar-refractivity contribution in [3.63, 3.8) is 0 Å². The van der Waals surface area contributed by atoms with E-state index in [1.54, 1.807) is 0 Å². The van der Waals surface area contributed by atoms with E-state index < -0.39 is 0 Å². The maximum absolute atomic E-state index is 8.40. The van der Waals surface area contributed by atoms with Crippen LogP contribution < -0.4 is 0 Å². The first-order chi connectivity index (χ1) is 11.3. The maximum atomic E-state index is 8.40. The van der Waals surface area contributed by atoms with E-state index in [0.29, 0.717) is 0 Å². The molecule has 1 aromatic heterocycles. The summed E-state index contributed by atoms with van der Waals surface area (Å²) < 4.78 is 1.31. The minimum Gasteiger partial charge on any atom is -0.512 e. The van der Waals surface area contributed by atoms with E-state index in [1.165, 1.54) is 53.4 Å². The van der Waals surface area contributed by atoms with Crippen molar-refractivity contribution in [1.29, 1.82) is 0 Å². The van der Waals surface area contributed by atoms with Crippen LogP contribution in [-0.2, 0) is 20.1 Å². The number of allylic oxidation sites excluding steroid dienone is 2. The SMILES string of the molecule is CC(=[OH+])/C=C(/C)O.CC1(C)CCCN=C1c1[c-]c2ccccc2s1.[Ir]. The Kier molecular flexibility index (Phi) is 8.19. The van der Waals surface area contributed by atoms with Crippen LogP contribution in [0.15, 0.2) is 41.1 Å². The van der Waals surface area contributed by atoms with Gasteiger partial charge in [-0.15, -0.1) is 23.6 Å². The first-order valence-corrected chi connectivity index (χ1v) is 8.97. The zero-order valence-corrected chi connectivity index (χ0v) is 18.3. The van der Waals surface area contributed by atoms with E-state index in [2.05, 4.69) is 44.2 Å². The molecule has 0 atom stereocenters. The van der Waals surface area contributed by atoms with Gasteiger partial charge in [-0.1, -0.05) is 26.0 Å². The molecule has 0 saturated heterocycles. The predicted molar refractivity (Wildman–Crippen MR) is 104 cm³/mol. The van der Waals surface area contributed by atoms with Crippen molar-refractivity contribution >= 4 is 32.9 Å². The van der Waals surface area contributed by atoms with Crippen molar-refractivity contribution in [3.8, 4) is 0 Å². The zero-order chi connectivity index (χ0) is 17.7. The Balaban J connectivity index is 0.000000339. The summed E-state index contributed by atoms with van der Waals surface area (Å²) in [6, 6.07) is 12.0. The molecule has 2 heterocycles. The topological polar surface area (TPSA) is 54.0 Å². The van der Waals surface area contributed by atoms with E-state index in [-0.39, 0.29) is 37.1 Å². The van der Waals surface area contributed by atoms with E-state index in [1.807, 2.05) is 11.3 Å². The molecule has 25 heavy (non-hydrogen) atoms. The number of carbonyl (C=O) groups excluding carboxylic acids is 1. The number of nitrogens with zero attached hydrogens (tertiary/aromatic N) is 1. The van der Waals surface area contributed by atoms with Gasteiger partial charge in [0.25, 0.3) is 0 Å². The number of benzene rings is 1. The van der Waals surface area contributed by atoms with Crippen molar-refractivity contribution in [2.24, 2.45) is 10.4 Å². The average Bonchev–Trinajstić information content (AvgIpc) is 2.89. The Labute approximate surface area is 167 Å². The van der Waals surface area contributed by atoms with Crippen LogP contribution in [-0.4, -0.2) is 27.9 Å². The fourth-order valence-corrected chi connectivity index (χ4v) is 3.94. The number of aliphatic imine (C=N–C) groups is 1. The van der Waals surface area contributed by atoms with Crippen LogP contribution in [0.3, 0.4) is 0 Å². The second kappa shape index (κ2) is 9.42. The van der Waals surface area contributed by atoms with Gasteiger partial charge >= 0.3 is 5.78 Å². The smallest absolute Gasteiger partial charge is 0.316 e.